The van der Waals surface area contributed by atoms with Crippen molar-refractivity contribution in [1.29, 1.82) is 0 Å². The highest BCUT2D eigenvalue weighted by molar-refractivity contribution is 6.21. The molecule has 4 rings (SSSR count). The SMILES string of the molecule is CN(C)c1ccc(C(=Nc2ccccc2)c2c(O)ccc3ccccc23)cc1. The Kier molecular flexibility index (Phi) is 4.81. The minimum absolute atomic E-state index is 0.227. The summed E-state index contributed by atoms with van der Waals surface area (Å²) in [7, 11) is 4.04. The Labute approximate surface area is 165 Å². The smallest absolute Gasteiger partial charge is 0.125 e. The van der Waals surface area contributed by atoms with Crippen LogP contribution in [0.15, 0.2) is 96.0 Å². The highest BCUT2D eigenvalue weighted by atomic mass is 16.3. The molecule has 0 aliphatic carbocycles. The number of hydrogen-bond donors (Lipinski definition) is 1. The lowest BCUT2D eigenvalue weighted by Crippen LogP contribution is -2.09. The van der Waals surface area contributed by atoms with E-state index in [-0.39, 0.29) is 5.75 Å². The van der Waals surface area contributed by atoms with Gasteiger partial charge in [0, 0.05) is 25.3 Å². The van der Waals surface area contributed by atoms with Crippen LogP contribution in [0.2, 0.25) is 0 Å². The number of phenolic OH excluding ortho intramolecular Hbond substituents is 1. The maximum absolute atomic E-state index is 10.8. The van der Waals surface area contributed by atoms with Gasteiger partial charge < -0.3 is 10.0 Å². The number of aliphatic imine (C=N–C) groups is 1. The molecule has 0 saturated heterocycles. The molecule has 0 aliphatic heterocycles. The van der Waals surface area contributed by atoms with E-state index in [1.807, 2.05) is 74.8 Å². The molecule has 4 aromatic carbocycles. The van der Waals surface area contributed by atoms with Gasteiger partial charge in [-0.1, -0.05) is 60.7 Å². The van der Waals surface area contributed by atoms with Gasteiger partial charge in [-0.2, -0.15) is 0 Å². The predicted molar refractivity (Wildman–Crippen MR) is 118 cm³/mol. The fourth-order valence-corrected chi connectivity index (χ4v) is 3.32. The number of phenols is 1. The van der Waals surface area contributed by atoms with E-state index in [0.29, 0.717) is 0 Å². The number of rotatable bonds is 4. The summed E-state index contributed by atoms with van der Waals surface area (Å²) in [6, 6.07) is 29.8. The third-order valence-electron chi connectivity index (χ3n) is 4.80. The number of benzene rings is 4. The van der Waals surface area contributed by atoms with Gasteiger partial charge >= 0.3 is 0 Å². The Morgan fingerprint density at radius 3 is 2.14 bits per heavy atom. The number of hydrogen-bond acceptors (Lipinski definition) is 3. The minimum Gasteiger partial charge on any atom is -0.507 e. The Morgan fingerprint density at radius 1 is 0.750 bits per heavy atom. The lowest BCUT2D eigenvalue weighted by Gasteiger charge is -2.15. The molecule has 0 aromatic heterocycles. The van der Waals surface area contributed by atoms with Gasteiger partial charge in [0.05, 0.1) is 17.0 Å². The molecule has 0 bridgehead atoms. The summed E-state index contributed by atoms with van der Waals surface area (Å²) in [6.45, 7) is 0. The van der Waals surface area contributed by atoms with Crippen molar-refractivity contribution in [3.8, 4) is 5.75 Å². The molecule has 0 saturated carbocycles. The van der Waals surface area contributed by atoms with Crippen LogP contribution in [-0.4, -0.2) is 24.9 Å². The van der Waals surface area contributed by atoms with Gasteiger partial charge in [0.15, 0.2) is 0 Å². The Bertz CT molecular complexity index is 1130. The second kappa shape index (κ2) is 7.57. The Balaban J connectivity index is 1.97. The number of aromatic hydroxyl groups is 1. The van der Waals surface area contributed by atoms with E-state index in [1.54, 1.807) is 6.07 Å². The van der Waals surface area contributed by atoms with Crippen molar-refractivity contribution >= 4 is 27.9 Å². The Hall–Kier alpha value is -3.59. The van der Waals surface area contributed by atoms with Gasteiger partial charge in [-0.3, -0.25) is 0 Å². The summed E-state index contributed by atoms with van der Waals surface area (Å²) in [5.41, 5.74) is 4.43. The third-order valence-corrected chi connectivity index (χ3v) is 4.80. The molecule has 0 amide bonds. The van der Waals surface area contributed by atoms with Crippen molar-refractivity contribution in [2.45, 2.75) is 0 Å². The fraction of sp³-hybridized carbons (Fsp3) is 0.0800. The molecule has 0 fully saturated rings. The quantitative estimate of drug-likeness (QED) is 0.465. The van der Waals surface area contributed by atoms with Crippen molar-refractivity contribution in [2.75, 3.05) is 19.0 Å². The normalized spacial score (nSPS) is 11.6. The van der Waals surface area contributed by atoms with Gasteiger partial charge in [0.25, 0.3) is 0 Å². The topological polar surface area (TPSA) is 35.8 Å². The van der Waals surface area contributed by atoms with Crippen molar-refractivity contribution in [2.24, 2.45) is 4.99 Å². The highest BCUT2D eigenvalue weighted by Gasteiger charge is 2.16. The van der Waals surface area contributed by atoms with Crippen LogP contribution < -0.4 is 4.90 Å². The molecule has 3 nitrogen and oxygen atoms in total. The molecule has 1 N–H and O–H groups in total. The van der Waals surface area contributed by atoms with Gasteiger partial charge in [-0.05, 0) is 41.1 Å². The largest absolute Gasteiger partial charge is 0.507 e. The second-order valence-electron chi connectivity index (χ2n) is 6.92. The first kappa shape index (κ1) is 17.8. The van der Waals surface area contributed by atoms with Crippen LogP contribution in [-0.2, 0) is 0 Å². The lowest BCUT2D eigenvalue weighted by molar-refractivity contribution is 0.475. The second-order valence-corrected chi connectivity index (χ2v) is 6.92. The van der Waals surface area contributed by atoms with E-state index in [9.17, 15) is 5.11 Å². The zero-order valence-corrected chi connectivity index (χ0v) is 16.0. The minimum atomic E-state index is 0.227. The summed E-state index contributed by atoms with van der Waals surface area (Å²) >= 11 is 0. The molecule has 4 aromatic rings. The monoisotopic (exact) mass is 366 g/mol. The molecule has 0 radical (unpaired) electrons. The summed E-state index contributed by atoms with van der Waals surface area (Å²) in [4.78, 5) is 6.99. The average molecular weight is 366 g/mol. The van der Waals surface area contributed by atoms with E-state index < -0.39 is 0 Å². The summed E-state index contributed by atoms with van der Waals surface area (Å²) in [5.74, 6) is 0.227. The molecule has 0 unspecified atom stereocenters. The van der Waals surface area contributed by atoms with E-state index >= 15 is 0 Å². The molecular formula is C25H22N2O. The molecular weight excluding hydrogens is 344 g/mol. The van der Waals surface area contributed by atoms with Gasteiger partial charge in [-0.25, -0.2) is 4.99 Å². The van der Waals surface area contributed by atoms with Crippen LogP contribution in [0.3, 0.4) is 0 Å². The maximum atomic E-state index is 10.8. The van der Waals surface area contributed by atoms with Crippen LogP contribution in [0.5, 0.6) is 5.75 Å². The third kappa shape index (κ3) is 3.47. The van der Waals surface area contributed by atoms with Crippen LogP contribution in [0.25, 0.3) is 10.8 Å². The number of anilines is 1. The molecule has 3 heteroatoms. The number of nitrogens with zero attached hydrogens (tertiary/aromatic N) is 2. The first-order chi connectivity index (χ1) is 13.6. The maximum Gasteiger partial charge on any atom is 0.125 e. The standard InChI is InChI=1S/C25H22N2O/c1-27(2)21-15-12-19(13-16-21)25(26-20-9-4-3-5-10-20)24-22-11-7-6-8-18(22)14-17-23(24)28/h3-17,28H,1-2H3. The van der Waals surface area contributed by atoms with Crippen molar-refractivity contribution in [3.63, 3.8) is 0 Å². The predicted octanol–water partition coefficient (Wildman–Crippen LogP) is 5.78. The molecule has 28 heavy (non-hydrogen) atoms. The van der Waals surface area contributed by atoms with Crippen LogP contribution in [0, 0.1) is 0 Å². The summed E-state index contributed by atoms with van der Waals surface area (Å²) in [6.07, 6.45) is 0. The van der Waals surface area contributed by atoms with E-state index in [1.165, 1.54) is 0 Å². The summed E-state index contributed by atoms with van der Waals surface area (Å²) in [5, 5.41) is 12.8. The summed E-state index contributed by atoms with van der Waals surface area (Å²) < 4.78 is 0. The number of para-hydroxylation sites is 1. The Morgan fingerprint density at radius 2 is 1.43 bits per heavy atom. The van der Waals surface area contributed by atoms with E-state index in [2.05, 4.69) is 29.2 Å². The van der Waals surface area contributed by atoms with Crippen LogP contribution in [0.1, 0.15) is 11.1 Å². The van der Waals surface area contributed by atoms with Crippen molar-refractivity contribution in [3.05, 3.63) is 102 Å². The van der Waals surface area contributed by atoms with Crippen LogP contribution >= 0.6 is 0 Å². The highest BCUT2D eigenvalue weighted by Crippen LogP contribution is 2.31. The molecule has 0 aliphatic rings. The van der Waals surface area contributed by atoms with E-state index in [4.69, 9.17) is 4.99 Å². The zero-order chi connectivity index (χ0) is 19.5. The first-order valence-corrected chi connectivity index (χ1v) is 9.26. The molecule has 138 valence electrons. The number of fused-ring (bicyclic) bond motifs is 1. The van der Waals surface area contributed by atoms with Crippen LogP contribution in [0.4, 0.5) is 11.4 Å². The van der Waals surface area contributed by atoms with Gasteiger partial charge in [-0.15, -0.1) is 0 Å². The lowest BCUT2D eigenvalue weighted by atomic mass is 9.95. The average Bonchev–Trinajstić information content (AvgIpc) is 2.73. The van der Waals surface area contributed by atoms with E-state index in [0.717, 1.165) is 39.0 Å². The van der Waals surface area contributed by atoms with Gasteiger partial charge in [0.1, 0.15) is 5.75 Å². The fourth-order valence-electron chi connectivity index (χ4n) is 3.32. The van der Waals surface area contributed by atoms with Crippen molar-refractivity contribution < 1.29 is 5.11 Å². The zero-order valence-electron chi connectivity index (χ0n) is 16.0. The first-order valence-electron chi connectivity index (χ1n) is 9.26. The van der Waals surface area contributed by atoms with Gasteiger partial charge in [0.2, 0.25) is 0 Å². The van der Waals surface area contributed by atoms with Crippen molar-refractivity contribution in [1.82, 2.24) is 0 Å². The molecule has 0 atom stereocenters. The molecule has 0 spiro atoms. The molecule has 0 heterocycles.